The maximum absolute atomic E-state index is 11.8. The molecule has 1 N–H and O–H groups in total. The SMILES string of the molecule is O=C([O-])c1ccc(Cl)c(-c2ccc(/C=N\NC(=O)c3ccncc3)o2)c1. The van der Waals surface area contributed by atoms with E-state index in [-0.39, 0.29) is 11.5 Å². The molecule has 1 amide bonds. The molecular weight excluding hydrogens is 358 g/mol. The summed E-state index contributed by atoms with van der Waals surface area (Å²) in [6.45, 7) is 0. The summed E-state index contributed by atoms with van der Waals surface area (Å²) in [6, 6.07) is 10.5. The van der Waals surface area contributed by atoms with E-state index >= 15 is 0 Å². The van der Waals surface area contributed by atoms with Crippen LogP contribution >= 0.6 is 11.6 Å². The second-order valence-electron chi connectivity index (χ2n) is 5.12. The van der Waals surface area contributed by atoms with Gasteiger partial charge in [0.05, 0.1) is 17.2 Å². The van der Waals surface area contributed by atoms with Crippen LogP contribution in [0.1, 0.15) is 26.5 Å². The molecule has 0 spiro atoms. The van der Waals surface area contributed by atoms with Gasteiger partial charge < -0.3 is 14.3 Å². The number of carboxylic acid groups (broad SMARTS) is 1. The van der Waals surface area contributed by atoms with E-state index in [4.69, 9.17) is 16.0 Å². The van der Waals surface area contributed by atoms with Crippen molar-refractivity contribution in [3.8, 4) is 11.3 Å². The van der Waals surface area contributed by atoms with Gasteiger partial charge in [0, 0.05) is 23.5 Å². The molecule has 0 bridgehead atoms. The molecule has 130 valence electrons. The Morgan fingerprint density at radius 2 is 1.88 bits per heavy atom. The smallest absolute Gasteiger partial charge is 0.271 e. The number of aromatic carboxylic acids is 1. The fourth-order valence-electron chi connectivity index (χ4n) is 2.13. The van der Waals surface area contributed by atoms with E-state index in [1.165, 1.54) is 36.8 Å². The van der Waals surface area contributed by atoms with Crippen molar-refractivity contribution < 1.29 is 19.1 Å². The van der Waals surface area contributed by atoms with E-state index in [1.807, 2.05) is 0 Å². The predicted octanol–water partition coefficient (Wildman–Crippen LogP) is 2.12. The van der Waals surface area contributed by atoms with Gasteiger partial charge >= 0.3 is 0 Å². The van der Waals surface area contributed by atoms with Crippen LogP contribution in [0.5, 0.6) is 0 Å². The first kappa shape index (κ1) is 17.4. The largest absolute Gasteiger partial charge is 0.545 e. The molecule has 0 aliphatic heterocycles. The van der Waals surface area contributed by atoms with Gasteiger partial charge in [-0.05, 0) is 42.0 Å². The number of pyridine rings is 1. The molecule has 0 radical (unpaired) electrons. The Morgan fingerprint density at radius 3 is 2.62 bits per heavy atom. The van der Waals surface area contributed by atoms with Crippen LogP contribution in [0.3, 0.4) is 0 Å². The van der Waals surface area contributed by atoms with E-state index < -0.39 is 5.97 Å². The van der Waals surface area contributed by atoms with E-state index in [1.54, 1.807) is 24.3 Å². The quantitative estimate of drug-likeness (QED) is 0.548. The molecule has 0 fully saturated rings. The van der Waals surface area contributed by atoms with Crippen LogP contribution in [-0.2, 0) is 0 Å². The minimum absolute atomic E-state index is 0.0133. The number of benzene rings is 1. The summed E-state index contributed by atoms with van der Waals surface area (Å²) in [6.07, 6.45) is 4.32. The van der Waals surface area contributed by atoms with Gasteiger partial charge in [-0.15, -0.1) is 0 Å². The van der Waals surface area contributed by atoms with Gasteiger partial charge in [-0.2, -0.15) is 5.10 Å². The zero-order valence-corrected chi connectivity index (χ0v) is 13.9. The fraction of sp³-hybridized carbons (Fsp3) is 0. The lowest BCUT2D eigenvalue weighted by Gasteiger charge is -2.06. The van der Waals surface area contributed by atoms with Gasteiger partial charge in [0.15, 0.2) is 0 Å². The van der Waals surface area contributed by atoms with E-state index in [2.05, 4.69) is 15.5 Å². The normalized spacial score (nSPS) is 10.8. The van der Waals surface area contributed by atoms with Crippen molar-refractivity contribution in [1.29, 1.82) is 0 Å². The third-order valence-corrected chi connectivity index (χ3v) is 3.72. The van der Waals surface area contributed by atoms with E-state index in [0.29, 0.717) is 27.7 Å². The number of aromatic nitrogens is 1. The molecule has 0 aliphatic carbocycles. The topological polar surface area (TPSA) is 108 Å². The van der Waals surface area contributed by atoms with Crippen molar-refractivity contribution in [3.05, 3.63) is 76.8 Å². The van der Waals surface area contributed by atoms with Crippen molar-refractivity contribution in [2.45, 2.75) is 0 Å². The molecule has 26 heavy (non-hydrogen) atoms. The Balaban J connectivity index is 1.73. The molecule has 0 saturated carbocycles. The van der Waals surface area contributed by atoms with Crippen molar-refractivity contribution in [1.82, 2.24) is 10.4 Å². The molecule has 0 unspecified atom stereocenters. The van der Waals surface area contributed by atoms with Crippen LogP contribution in [0.4, 0.5) is 0 Å². The van der Waals surface area contributed by atoms with Gasteiger partial charge in [-0.25, -0.2) is 5.43 Å². The Kier molecular flexibility index (Phi) is 5.09. The minimum atomic E-state index is -1.31. The molecule has 3 aromatic rings. The summed E-state index contributed by atoms with van der Waals surface area (Å²) in [5, 5.41) is 15.1. The molecule has 2 heterocycles. The van der Waals surface area contributed by atoms with Crippen molar-refractivity contribution >= 4 is 29.7 Å². The van der Waals surface area contributed by atoms with Crippen molar-refractivity contribution in [2.75, 3.05) is 0 Å². The highest BCUT2D eigenvalue weighted by Gasteiger charge is 2.10. The van der Waals surface area contributed by atoms with Crippen molar-refractivity contribution in [2.24, 2.45) is 5.10 Å². The third kappa shape index (κ3) is 3.96. The summed E-state index contributed by atoms with van der Waals surface area (Å²) in [5.74, 6) is -0.986. The second-order valence-corrected chi connectivity index (χ2v) is 5.53. The molecule has 0 saturated heterocycles. The summed E-state index contributed by atoms with van der Waals surface area (Å²) < 4.78 is 5.56. The molecule has 0 aliphatic rings. The number of hydrogen-bond acceptors (Lipinski definition) is 6. The maximum Gasteiger partial charge on any atom is 0.271 e. The molecule has 7 nitrogen and oxygen atoms in total. The number of carbonyl (C=O) groups is 2. The van der Waals surface area contributed by atoms with Crippen LogP contribution in [-0.4, -0.2) is 23.1 Å². The first-order valence-corrected chi connectivity index (χ1v) is 7.77. The number of hydrogen-bond donors (Lipinski definition) is 1. The minimum Gasteiger partial charge on any atom is -0.545 e. The Bertz CT molecular complexity index is 983. The number of nitrogens with one attached hydrogen (secondary N) is 1. The predicted molar refractivity (Wildman–Crippen MR) is 92.8 cm³/mol. The highest BCUT2D eigenvalue weighted by molar-refractivity contribution is 6.33. The zero-order chi connectivity index (χ0) is 18.5. The number of furan rings is 1. The van der Waals surface area contributed by atoms with Crippen LogP contribution in [0, 0.1) is 0 Å². The van der Waals surface area contributed by atoms with Gasteiger partial charge in [0.25, 0.3) is 5.91 Å². The average Bonchev–Trinajstić information content (AvgIpc) is 3.11. The van der Waals surface area contributed by atoms with Crippen LogP contribution < -0.4 is 10.5 Å². The fourth-order valence-corrected chi connectivity index (χ4v) is 2.34. The Labute approximate surface area is 152 Å². The second kappa shape index (κ2) is 7.62. The van der Waals surface area contributed by atoms with Gasteiger partial charge in [-0.1, -0.05) is 17.7 Å². The summed E-state index contributed by atoms with van der Waals surface area (Å²) >= 11 is 6.09. The molecular formula is C18H11ClN3O4-. The number of nitrogens with zero attached hydrogens (tertiary/aromatic N) is 2. The summed E-state index contributed by atoms with van der Waals surface area (Å²) in [7, 11) is 0. The number of rotatable bonds is 5. The first-order valence-electron chi connectivity index (χ1n) is 7.39. The number of halogens is 1. The number of carbonyl (C=O) groups excluding carboxylic acids is 2. The lowest BCUT2D eigenvalue weighted by Crippen LogP contribution is -2.22. The van der Waals surface area contributed by atoms with Gasteiger partial charge in [0.2, 0.25) is 0 Å². The molecule has 1 aromatic carbocycles. The zero-order valence-electron chi connectivity index (χ0n) is 13.2. The number of hydrazone groups is 1. The Morgan fingerprint density at radius 1 is 1.12 bits per heavy atom. The van der Waals surface area contributed by atoms with E-state index in [0.717, 1.165) is 0 Å². The molecule has 3 rings (SSSR count). The van der Waals surface area contributed by atoms with Gasteiger partial charge in [0.1, 0.15) is 11.5 Å². The summed E-state index contributed by atoms with van der Waals surface area (Å²) in [5.41, 5.74) is 3.18. The monoisotopic (exact) mass is 368 g/mol. The highest BCUT2D eigenvalue weighted by Crippen LogP contribution is 2.30. The third-order valence-electron chi connectivity index (χ3n) is 3.39. The summed E-state index contributed by atoms with van der Waals surface area (Å²) in [4.78, 5) is 26.6. The lowest BCUT2D eigenvalue weighted by atomic mass is 10.1. The van der Waals surface area contributed by atoms with Crippen molar-refractivity contribution in [3.63, 3.8) is 0 Å². The number of amides is 1. The Hall–Kier alpha value is -3.45. The van der Waals surface area contributed by atoms with Crippen LogP contribution in [0.25, 0.3) is 11.3 Å². The standard InChI is InChI=1S/C18H12ClN3O4/c19-15-3-1-12(18(24)25)9-14(15)16-4-2-13(26-16)10-21-22-17(23)11-5-7-20-8-6-11/h1-10H,(H,22,23)(H,24,25)/p-1/b21-10-. The van der Waals surface area contributed by atoms with E-state index in [9.17, 15) is 14.7 Å². The first-order chi connectivity index (χ1) is 12.5. The lowest BCUT2D eigenvalue weighted by molar-refractivity contribution is -0.255. The van der Waals surface area contributed by atoms with Crippen LogP contribution in [0.2, 0.25) is 5.02 Å². The number of carboxylic acids is 1. The molecule has 0 atom stereocenters. The molecule has 2 aromatic heterocycles. The maximum atomic E-state index is 11.8. The van der Waals surface area contributed by atoms with Gasteiger partial charge in [-0.3, -0.25) is 9.78 Å². The average molecular weight is 369 g/mol. The molecule has 8 heteroatoms. The van der Waals surface area contributed by atoms with Crippen LogP contribution in [0.15, 0.2) is 64.4 Å². The highest BCUT2D eigenvalue weighted by atomic mass is 35.5.